The van der Waals surface area contributed by atoms with Crippen LogP contribution in [-0.2, 0) is 16.4 Å². The van der Waals surface area contributed by atoms with E-state index in [0.717, 1.165) is 17.7 Å². The van der Waals surface area contributed by atoms with Crippen molar-refractivity contribution in [3.05, 3.63) is 82.3 Å². The predicted molar refractivity (Wildman–Crippen MR) is 134 cm³/mol. The molecule has 0 atom stereocenters. The molecule has 0 saturated carbocycles. The molecule has 7 nitrogen and oxygen atoms in total. The summed E-state index contributed by atoms with van der Waals surface area (Å²) >= 11 is 2.60. The van der Waals surface area contributed by atoms with Crippen LogP contribution in [0.2, 0.25) is 0 Å². The zero-order valence-electron chi connectivity index (χ0n) is 17.5. The number of nitrogens with one attached hydrogen (secondary N) is 2. The van der Waals surface area contributed by atoms with Gasteiger partial charge in [0.15, 0.2) is 5.13 Å². The third kappa shape index (κ3) is 5.46. The average molecular weight is 494 g/mol. The molecular weight excluding hydrogens is 474 g/mol. The number of benzene rings is 2. The molecule has 0 radical (unpaired) electrons. The lowest BCUT2D eigenvalue weighted by molar-refractivity contribution is 0.601. The second-order valence-corrected chi connectivity index (χ2v) is 10.3. The summed E-state index contributed by atoms with van der Waals surface area (Å²) in [4.78, 5) is 8.65. The van der Waals surface area contributed by atoms with Crippen molar-refractivity contribution in [3.8, 4) is 17.3 Å². The smallest absolute Gasteiger partial charge is 0.263 e. The molecule has 4 aromatic rings. The fraction of sp³-hybridized carbons (Fsp3) is 0.0870. The second-order valence-electron chi connectivity index (χ2n) is 6.87. The number of rotatable bonds is 8. The van der Waals surface area contributed by atoms with Crippen LogP contribution in [0.3, 0.4) is 0 Å². The van der Waals surface area contributed by atoms with E-state index in [1.165, 1.54) is 46.6 Å². The van der Waals surface area contributed by atoms with E-state index in [4.69, 9.17) is 0 Å². The molecule has 0 unspecified atom stereocenters. The summed E-state index contributed by atoms with van der Waals surface area (Å²) in [5.41, 5.74) is 4.11. The quantitative estimate of drug-likeness (QED) is 0.309. The van der Waals surface area contributed by atoms with Crippen molar-refractivity contribution in [2.45, 2.75) is 18.2 Å². The predicted octanol–water partition coefficient (Wildman–Crippen LogP) is 5.61. The molecular formula is C23H19N5O2S3. The van der Waals surface area contributed by atoms with Crippen LogP contribution in [-0.4, -0.2) is 18.4 Å². The minimum Gasteiger partial charge on any atom is -0.360 e. The summed E-state index contributed by atoms with van der Waals surface area (Å²) in [6, 6.07) is 16.6. The molecule has 2 aromatic heterocycles. The maximum Gasteiger partial charge on any atom is 0.263 e. The molecule has 2 N–H and O–H groups in total. The summed E-state index contributed by atoms with van der Waals surface area (Å²) in [5, 5.41) is 17.2. The van der Waals surface area contributed by atoms with Crippen molar-refractivity contribution in [3.63, 3.8) is 0 Å². The first-order valence-electron chi connectivity index (χ1n) is 9.93. The van der Waals surface area contributed by atoms with E-state index < -0.39 is 10.0 Å². The molecule has 0 saturated heterocycles. The Bertz CT molecular complexity index is 1400. The van der Waals surface area contributed by atoms with E-state index in [2.05, 4.69) is 45.1 Å². The largest absolute Gasteiger partial charge is 0.360 e. The van der Waals surface area contributed by atoms with E-state index in [-0.39, 0.29) is 4.90 Å². The number of nitrogens with zero attached hydrogens (tertiary/aromatic N) is 3. The molecule has 0 spiro atoms. The van der Waals surface area contributed by atoms with Crippen LogP contribution < -0.4 is 10.0 Å². The summed E-state index contributed by atoms with van der Waals surface area (Å²) in [7, 11) is -3.71. The highest BCUT2D eigenvalue weighted by Crippen LogP contribution is 2.27. The molecule has 2 heterocycles. The summed E-state index contributed by atoms with van der Waals surface area (Å²) < 4.78 is 27.3. The number of hydrogen-bond acceptors (Lipinski definition) is 8. The number of hydrogen-bond donors (Lipinski definition) is 2. The highest BCUT2D eigenvalue weighted by atomic mass is 32.2. The first-order valence-corrected chi connectivity index (χ1v) is 13.2. The lowest BCUT2D eigenvalue weighted by Gasteiger charge is -2.06. The van der Waals surface area contributed by atoms with Gasteiger partial charge in [0.05, 0.1) is 10.6 Å². The Morgan fingerprint density at radius 1 is 1.12 bits per heavy atom. The van der Waals surface area contributed by atoms with E-state index in [9.17, 15) is 13.7 Å². The van der Waals surface area contributed by atoms with E-state index in [1.54, 1.807) is 23.7 Å². The number of anilines is 2. The lowest BCUT2D eigenvalue weighted by atomic mass is 10.1. The fourth-order valence-electron chi connectivity index (χ4n) is 2.92. The van der Waals surface area contributed by atoms with Crippen LogP contribution in [0.15, 0.2) is 76.6 Å². The topological polar surface area (TPSA) is 108 Å². The van der Waals surface area contributed by atoms with Crippen LogP contribution in [0.1, 0.15) is 17.5 Å². The molecule has 10 heteroatoms. The first kappa shape index (κ1) is 22.7. The monoisotopic (exact) mass is 493 g/mol. The molecule has 33 heavy (non-hydrogen) atoms. The van der Waals surface area contributed by atoms with Gasteiger partial charge in [-0.15, -0.1) is 22.7 Å². The Kier molecular flexibility index (Phi) is 6.84. The van der Waals surface area contributed by atoms with Gasteiger partial charge in [-0.2, -0.15) is 5.26 Å². The fourth-order valence-corrected chi connectivity index (χ4v) is 5.50. The second kappa shape index (κ2) is 9.95. The molecule has 0 amide bonds. The Hall–Kier alpha value is -3.52. The van der Waals surface area contributed by atoms with Crippen molar-refractivity contribution in [1.29, 1.82) is 5.26 Å². The van der Waals surface area contributed by atoms with Gasteiger partial charge in [-0.1, -0.05) is 31.2 Å². The molecule has 2 aromatic carbocycles. The maximum absolute atomic E-state index is 12.4. The molecule has 166 valence electrons. The minimum absolute atomic E-state index is 0.117. The van der Waals surface area contributed by atoms with Crippen LogP contribution in [0, 0.1) is 11.3 Å². The highest BCUT2D eigenvalue weighted by molar-refractivity contribution is 7.93. The van der Waals surface area contributed by atoms with Crippen molar-refractivity contribution < 1.29 is 8.42 Å². The van der Waals surface area contributed by atoms with E-state index >= 15 is 0 Å². The van der Waals surface area contributed by atoms with Gasteiger partial charge < -0.3 is 5.32 Å². The zero-order valence-corrected chi connectivity index (χ0v) is 20.0. The van der Waals surface area contributed by atoms with Gasteiger partial charge in [0.1, 0.15) is 16.6 Å². The Morgan fingerprint density at radius 2 is 1.88 bits per heavy atom. The zero-order chi connectivity index (χ0) is 23.3. The summed E-state index contributed by atoms with van der Waals surface area (Å²) in [6.07, 6.45) is 4.08. The van der Waals surface area contributed by atoms with Crippen LogP contribution in [0.4, 0.5) is 10.8 Å². The van der Waals surface area contributed by atoms with Crippen molar-refractivity contribution in [2.24, 2.45) is 0 Å². The van der Waals surface area contributed by atoms with Crippen molar-refractivity contribution in [2.75, 3.05) is 10.0 Å². The molecule has 0 fully saturated rings. The Morgan fingerprint density at radius 3 is 2.52 bits per heavy atom. The Labute approximate surface area is 200 Å². The van der Waals surface area contributed by atoms with Crippen molar-refractivity contribution >= 4 is 49.1 Å². The van der Waals surface area contributed by atoms with Gasteiger partial charge in [-0.25, -0.2) is 18.4 Å². The molecule has 0 aliphatic rings. The normalized spacial score (nSPS) is 11.7. The van der Waals surface area contributed by atoms with Gasteiger partial charge in [0, 0.05) is 34.4 Å². The van der Waals surface area contributed by atoms with Crippen LogP contribution in [0.5, 0.6) is 0 Å². The van der Waals surface area contributed by atoms with Crippen LogP contribution in [0.25, 0.3) is 16.8 Å². The lowest BCUT2D eigenvalue weighted by Crippen LogP contribution is -2.12. The number of aromatic nitrogens is 2. The average Bonchev–Trinajstić information content (AvgIpc) is 3.52. The summed E-state index contributed by atoms with van der Waals surface area (Å²) in [5.74, 6) is 0. The molecule has 4 rings (SSSR count). The maximum atomic E-state index is 12.4. The SMILES string of the molecule is CCc1ccc(-c2csc(C(C#N)=CNc3ccc(S(=O)(=O)Nc4nccs4)cc3)n2)cc1. The minimum atomic E-state index is -3.71. The van der Waals surface area contributed by atoms with Crippen LogP contribution >= 0.6 is 22.7 Å². The third-order valence-corrected chi connectivity index (χ3v) is 7.76. The van der Waals surface area contributed by atoms with Gasteiger partial charge in [-0.05, 0) is 36.2 Å². The number of aryl methyl sites for hydroxylation is 1. The van der Waals surface area contributed by atoms with Gasteiger partial charge >= 0.3 is 0 Å². The number of thiazole rings is 2. The van der Waals surface area contributed by atoms with Crippen molar-refractivity contribution in [1.82, 2.24) is 9.97 Å². The number of allylic oxidation sites excluding steroid dienone is 1. The molecule has 0 aliphatic carbocycles. The number of sulfonamides is 1. The van der Waals surface area contributed by atoms with Gasteiger partial charge in [0.2, 0.25) is 0 Å². The van der Waals surface area contributed by atoms with Gasteiger partial charge in [-0.3, -0.25) is 4.72 Å². The molecule has 0 aliphatic heterocycles. The number of nitriles is 1. The van der Waals surface area contributed by atoms with E-state index in [0.29, 0.717) is 21.4 Å². The standard InChI is InChI=1S/C23H19N5O2S3/c1-2-16-3-5-17(6-4-16)21-15-32-22(27-21)18(13-24)14-26-19-7-9-20(10-8-19)33(29,30)28-23-25-11-12-31-23/h3-12,14-15,26H,2H2,1H3,(H,25,28). The summed E-state index contributed by atoms with van der Waals surface area (Å²) in [6.45, 7) is 2.11. The first-order chi connectivity index (χ1) is 16.0. The van der Waals surface area contributed by atoms with E-state index in [1.807, 2.05) is 17.5 Å². The Balaban J connectivity index is 1.46. The highest BCUT2D eigenvalue weighted by Gasteiger charge is 2.15. The molecule has 0 bridgehead atoms. The third-order valence-electron chi connectivity index (χ3n) is 4.71. The van der Waals surface area contributed by atoms with Gasteiger partial charge in [0.25, 0.3) is 10.0 Å².